The van der Waals surface area contributed by atoms with Crippen molar-refractivity contribution in [3.05, 3.63) is 25.3 Å². The lowest BCUT2D eigenvalue weighted by molar-refractivity contribution is -0.123. The molecule has 1 rings (SSSR count). The third kappa shape index (κ3) is 5.05. The first-order chi connectivity index (χ1) is 8.67. The summed E-state index contributed by atoms with van der Waals surface area (Å²) in [6.45, 7) is 11.5. The fraction of sp³-hybridized carbons (Fsp3) is 0.667. The summed E-state index contributed by atoms with van der Waals surface area (Å²) < 4.78 is 0. The molecule has 1 aliphatic rings. The van der Waals surface area contributed by atoms with Gasteiger partial charge in [-0.25, -0.2) is 0 Å². The van der Waals surface area contributed by atoms with Crippen LogP contribution in [0.25, 0.3) is 0 Å². The summed E-state index contributed by atoms with van der Waals surface area (Å²) in [5.74, 6) is 0.729. The van der Waals surface area contributed by atoms with Crippen LogP contribution < -0.4 is 5.32 Å². The lowest BCUT2D eigenvalue weighted by atomic mass is 9.86. The number of carbonyl (C=O) groups is 1. The van der Waals surface area contributed by atoms with E-state index in [-0.39, 0.29) is 5.91 Å². The van der Waals surface area contributed by atoms with Gasteiger partial charge in [-0.1, -0.05) is 31.9 Å². The molecule has 0 radical (unpaired) electrons. The van der Waals surface area contributed by atoms with Gasteiger partial charge in [0.2, 0.25) is 5.91 Å². The van der Waals surface area contributed by atoms with Gasteiger partial charge in [-0.2, -0.15) is 0 Å². The standard InChI is InChI=1S/C15H26N2O/c1-4-10-17(11-5-2)12-15(18)16-14-9-7-6-8-13(14)3/h4-5,13-14H,1-2,6-12H2,3H3,(H,16,18). The first-order valence-corrected chi connectivity index (χ1v) is 6.91. The first-order valence-electron chi connectivity index (χ1n) is 6.91. The number of hydrogen-bond donors (Lipinski definition) is 1. The van der Waals surface area contributed by atoms with Crippen LogP contribution in [0.3, 0.4) is 0 Å². The molecule has 0 aliphatic heterocycles. The zero-order valence-corrected chi connectivity index (χ0v) is 11.5. The number of rotatable bonds is 7. The van der Waals surface area contributed by atoms with Crippen LogP contribution in [0.15, 0.2) is 25.3 Å². The molecule has 0 heterocycles. The van der Waals surface area contributed by atoms with Crippen LogP contribution in [0.2, 0.25) is 0 Å². The van der Waals surface area contributed by atoms with E-state index in [2.05, 4.69) is 25.4 Å². The Morgan fingerprint density at radius 1 is 1.28 bits per heavy atom. The Morgan fingerprint density at radius 2 is 1.89 bits per heavy atom. The minimum Gasteiger partial charge on any atom is -0.352 e. The van der Waals surface area contributed by atoms with Gasteiger partial charge in [0.15, 0.2) is 0 Å². The molecule has 3 nitrogen and oxygen atoms in total. The van der Waals surface area contributed by atoms with Gasteiger partial charge in [0.25, 0.3) is 0 Å². The monoisotopic (exact) mass is 250 g/mol. The van der Waals surface area contributed by atoms with Crippen molar-refractivity contribution in [2.24, 2.45) is 5.92 Å². The van der Waals surface area contributed by atoms with E-state index in [4.69, 9.17) is 0 Å². The Kier molecular flexibility index (Phi) is 6.73. The molecular formula is C15H26N2O. The van der Waals surface area contributed by atoms with Crippen LogP contribution in [-0.2, 0) is 4.79 Å². The Morgan fingerprint density at radius 3 is 2.44 bits per heavy atom. The van der Waals surface area contributed by atoms with Crippen molar-refractivity contribution < 1.29 is 4.79 Å². The number of hydrogen-bond acceptors (Lipinski definition) is 2. The molecule has 102 valence electrons. The maximum Gasteiger partial charge on any atom is 0.234 e. The van der Waals surface area contributed by atoms with E-state index < -0.39 is 0 Å². The molecule has 18 heavy (non-hydrogen) atoms. The highest BCUT2D eigenvalue weighted by molar-refractivity contribution is 5.78. The van der Waals surface area contributed by atoms with Crippen molar-refractivity contribution in [2.45, 2.75) is 38.6 Å². The molecule has 1 fully saturated rings. The Bertz CT molecular complexity index is 278. The lowest BCUT2D eigenvalue weighted by Crippen LogP contribution is -2.45. The first kappa shape index (κ1) is 15.0. The third-order valence-electron chi connectivity index (χ3n) is 3.60. The molecule has 1 N–H and O–H groups in total. The molecular weight excluding hydrogens is 224 g/mol. The van der Waals surface area contributed by atoms with Gasteiger partial charge in [0.05, 0.1) is 6.54 Å². The van der Waals surface area contributed by atoms with Crippen LogP contribution >= 0.6 is 0 Å². The van der Waals surface area contributed by atoms with Crippen molar-refractivity contribution in [1.82, 2.24) is 10.2 Å². The number of nitrogens with zero attached hydrogens (tertiary/aromatic N) is 1. The molecule has 1 amide bonds. The molecule has 0 spiro atoms. The largest absolute Gasteiger partial charge is 0.352 e. The molecule has 3 heteroatoms. The Hall–Kier alpha value is -1.09. The minimum absolute atomic E-state index is 0.123. The second kappa shape index (κ2) is 8.09. The summed E-state index contributed by atoms with van der Waals surface area (Å²) in [5, 5.41) is 3.17. The molecule has 0 aromatic heterocycles. The fourth-order valence-corrected chi connectivity index (χ4v) is 2.55. The highest BCUT2D eigenvalue weighted by atomic mass is 16.2. The summed E-state index contributed by atoms with van der Waals surface area (Å²) in [5.41, 5.74) is 0. The molecule has 0 saturated heterocycles. The summed E-state index contributed by atoms with van der Waals surface area (Å²) >= 11 is 0. The average molecular weight is 250 g/mol. The Labute approximate surface area is 111 Å². The van der Waals surface area contributed by atoms with Gasteiger partial charge < -0.3 is 5.32 Å². The summed E-state index contributed by atoms with van der Waals surface area (Å²) in [7, 11) is 0. The van der Waals surface area contributed by atoms with Crippen LogP contribution in [0.1, 0.15) is 32.6 Å². The van der Waals surface area contributed by atoms with Crippen molar-refractivity contribution in [1.29, 1.82) is 0 Å². The van der Waals surface area contributed by atoms with Crippen LogP contribution in [0.5, 0.6) is 0 Å². The second-order valence-electron chi connectivity index (χ2n) is 5.21. The summed E-state index contributed by atoms with van der Waals surface area (Å²) in [4.78, 5) is 14.0. The normalized spacial score (nSPS) is 23.7. The highest BCUT2D eigenvalue weighted by Gasteiger charge is 2.23. The maximum absolute atomic E-state index is 12.0. The quantitative estimate of drug-likeness (QED) is 0.704. The molecule has 0 bridgehead atoms. The van der Waals surface area contributed by atoms with E-state index in [1.165, 1.54) is 19.3 Å². The molecule has 0 aromatic rings. The van der Waals surface area contributed by atoms with E-state index >= 15 is 0 Å². The maximum atomic E-state index is 12.0. The fourth-order valence-electron chi connectivity index (χ4n) is 2.55. The second-order valence-corrected chi connectivity index (χ2v) is 5.21. The SMILES string of the molecule is C=CCN(CC=C)CC(=O)NC1CCCCC1C. The summed E-state index contributed by atoms with van der Waals surface area (Å²) in [6.07, 6.45) is 8.52. The van der Waals surface area contributed by atoms with Crippen LogP contribution in [-0.4, -0.2) is 36.5 Å². The predicted molar refractivity (Wildman–Crippen MR) is 76.4 cm³/mol. The predicted octanol–water partition coefficient (Wildman–Crippen LogP) is 2.36. The van der Waals surface area contributed by atoms with E-state index in [9.17, 15) is 4.79 Å². The van der Waals surface area contributed by atoms with Crippen molar-refractivity contribution >= 4 is 5.91 Å². The number of carbonyl (C=O) groups excluding carboxylic acids is 1. The molecule has 0 aromatic carbocycles. The topological polar surface area (TPSA) is 32.3 Å². The van der Waals surface area contributed by atoms with Crippen molar-refractivity contribution in [3.63, 3.8) is 0 Å². The van der Waals surface area contributed by atoms with Crippen molar-refractivity contribution in [2.75, 3.05) is 19.6 Å². The van der Waals surface area contributed by atoms with Gasteiger partial charge in [-0.15, -0.1) is 13.2 Å². The number of nitrogens with one attached hydrogen (secondary N) is 1. The average Bonchev–Trinajstić information content (AvgIpc) is 2.33. The van der Waals surface area contributed by atoms with Gasteiger partial charge in [-0.05, 0) is 18.8 Å². The van der Waals surface area contributed by atoms with Gasteiger partial charge in [0.1, 0.15) is 0 Å². The minimum atomic E-state index is 0.123. The van der Waals surface area contributed by atoms with E-state index in [0.29, 0.717) is 18.5 Å². The van der Waals surface area contributed by atoms with E-state index in [0.717, 1.165) is 19.5 Å². The Balaban J connectivity index is 2.38. The van der Waals surface area contributed by atoms with Gasteiger partial charge >= 0.3 is 0 Å². The van der Waals surface area contributed by atoms with Gasteiger partial charge in [-0.3, -0.25) is 9.69 Å². The molecule has 2 atom stereocenters. The zero-order valence-electron chi connectivity index (χ0n) is 11.5. The van der Waals surface area contributed by atoms with Gasteiger partial charge in [0, 0.05) is 19.1 Å². The van der Waals surface area contributed by atoms with E-state index in [1.54, 1.807) is 0 Å². The van der Waals surface area contributed by atoms with Crippen LogP contribution in [0, 0.1) is 5.92 Å². The third-order valence-corrected chi connectivity index (χ3v) is 3.60. The lowest BCUT2D eigenvalue weighted by Gasteiger charge is -2.30. The zero-order chi connectivity index (χ0) is 13.4. The molecule has 1 saturated carbocycles. The van der Waals surface area contributed by atoms with Crippen molar-refractivity contribution in [3.8, 4) is 0 Å². The van der Waals surface area contributed by atoms with E-state index in [1.807, 2.05) is 17.1 Å². The molecule has 2 unspecified atom stereocenters. The number of amides is 1. The molecule has 1 aliphatic carbocycles. The smallest absolute Gasteiger partial charge is 0.234 e. The summed E-state index contributed by atoms with van der Waals surface area (Å²) in [6, 6.07) is 0.362. The van der Waals surface area contributed by atoms with Crippen LogP contribution in [0.4, 0.5) is 0 Å². The highest BCUT2D eigenvalue weighted by Crippen LogP contribution is 2.23.